The Morgan fingerprint density at radius 1 is 0.926 bits per heavy atom. The molecule has 1 N–H and O–H groups in total. The van der Waals surface area contributed by atoms with Crippen LogP contribution in [0.4, 0.5) is 5.69 Å². The number of ether oxygens (including phenoxy) is 1. The number of nitrogens with one attached hydrogen (secondary N) is 1. The standard InChI is InChI=1S/C23H22N2O2/c1-27-22-9-5-4-6-18(22)14-24-23(26)17-10-12-21(13-11-17)25-15-19-7-2-3-8-20(19)16-25/h2-13H,14-16H2,1H3,(H,24,26). The molecule has 136 valence electrons. The van der Waals surface area contributed by atoms with Crippen molar-refractivity contribution in [3.05, 3.63) is 95.1 Å². The molecule has 0 radical (unpaired) electrons. The molecule has 0 fully saturated rings. The van der Waals surface area contributed by atoms with Crippen molar-refractivity contribution in [2.75, 3.05) is 12.0 Å². The van der Waals surface area contributed by atoms with Crippen LogP contribution < -0.4 is 15.0 Å². The van der Waals surface area contributed by atoms with E-state index in [1.54, 1.807) is 7.11 Å². The average molecular weight is 358 g/mol. The topological polar surface area (TPSA) is 41.6 Å². The lowest BCUT2D eigenvalue weighted by atomic mass is 10.1. The molecule has 0 spiro atoms. The molecule has 4 rings (SSSR count). The molecular weight excluding hydrogens is 336 g/mol. The van der Waals surface area contributed by atoms with Gasteiger partial charge in [-0.15, -0.1) is 0 Å². The molecule has 0 atom stereocenters. The number of carbonyl (C=O) groups excluding carboxylic acids is 1. The molecule has 3 aromatic carbocycles. The molecule has 3 aromatic rings. The molecule has 4 nitrogen and oxygen atoms in total. The fourth-order valence-electron chi connectivity index (χ4n) is 3.47. The van der Waals surface area contributed by atoms with Crippen LogP contribution in [0.2, 0.25) is 0 Å². The minimum Gasteiger partial charge on any atom is -0.496 e. The Kier molecular flexibility index (Phi) is 4.79. The number of anilines is 1. The molecule has 27 heavy (non-hydrogen) atoms. The van der Waals surface area contributed by atoms with Gasteiger partial charge in [-0.3, -0.25) is 4.79 Å². The molecule has 0 aliphatic carbocycles. The molecule has 0 aromatic heterocycles. The van der Waals surface area contributed by atoms with Gasteiger partial charge in [0.2, 0.25) is 0 Å². The SMILES string of the molecule is COc1ccccc1CNC(=O)c1ccc(N2Cc3ccccc3C2)cc1. The number of carbonyl (C=O) groups is 1. The number of nitrogens with zero attached hydrogens (tertiary/aromatic N) is 1. The number of para-hydroxylation sites is 1. The minimum atomic E-state index is -0.0860. The van der Waals surface area contributed by atoms with Gasteiger partial charge in [-0.1, -0.05) is 42.5 Å². The van der Waals surface area contributed by atoms with E-state index in [1.165, 1.54) is 11.1 Å². The molecular formula is C23H22N2O2. The van der Waals surface area contributed by atoms with Gasteiger partial charge in [-0.05, 0) is 41.5 Å². The van der Waals surface area contributed by atoms with Gasteiger partial charge in [0, 0.05) is 36.4 Å². The van der Waals surface area contributed by atoms with E-state index in [0.29, 0.717) is 12.1 Å². The van der Waals surface area contributed by atoms with Gasteiger partial charge >= 0.3 is 0 Å². The van der Waals surface area contributed by atoms with E-state index in [0.717, 1.165) is 30.1 Å². The highest BCUT2D eigenvalue weighted by Crippen LogP contribution is 2.28. The lowest BCUT2D eigenvalue weighted by Gasteiger charge is -2.18. The Balaban J connectivity index is 1.40. The summed E-state index contributed by atoms with van der Waals surface area (Å²) in [5.74, 6) is 0.693. The number of rotatable bonds is 5. The summed E-state index contributed by atoms with van der Waals surface area (Å²) in [7, 11) is 1.63. The van der Waals surface area contributed by atoms with Crippen molar-refractivity contribution in [3.63, 3.8) is 0 Å². The molecule has 0 saturated carbocycles. The second kappa shape index (κ2) is 7.54. The highest BCUT2D eigenvalue weighted by Gasteiger charge is 2.18. The third kappa shape index (κ3) is 3.65. The van der Waals surface area contributed by atoms with Crippen molar-refractivity contribution < 1.29 is 9.53 Å². The fourth-order valence-corrected chi connectivity index (χ4v) is 3.47. The Bertz CT molecular complexity index is 926. The van der Waals surface area contributed by atoms with Gasteiger partial charge in [0.15, 0.2) is 0 Å². The summed E-state index contributed by atoms with van der Waals surface area (Å²) in [4.78, 5) is 14.8. The van der Waals surface area contributed by atoms with Gasteiger partial charge in [0.25, 0.3) is 5.91 Å². The van der Waals surface area contributed by atoms with Crippen molar-refractivity contribution >= 4 is 11.6 Å². The van der Waals surface area contributed by atoms with E-state index in [2.05, 4.69) is 34.5 Å². The van der Waals surface area contributed by atoms with E-state index in [4.69, 9.17) is 4.74 Å². The maximum Gasteiger partial charge on any atom is 0.251 e. The second-order valence-corrected chi connectivity index (χ2v) is 6.67. The van der Waals surface area contributed by atoms with Crippen molar-refractivity contribution in [3.8, 4) is 5.75 Å². The Morgan fingerprint density at radius 2 is 1.56 bits per heavy atom. The molecule has 4 heteroatoms. The normalized spacial score (nSPS) is 12.6. The quantitative estimate of drug-likeness (QED) is 0.745. The monoisotopic (exact) mass is 358 g/mol. The third-order valence-corrected chi connectivity index (χ3v) is 4.97. The maximum absolute atomic E-state index is 12.5. The highest BCUT2D eigenvalue weighted by molar-refractivity contribution is 5.94. The lowest BCUT2D eigenvalue weighted by Crippen LogP contribution is -2.23. The number of methoxy groups -OCH3 is 1. The number of benzene rings is 3. The van der Waals surface area contributed by atoms with Gasteiger partial charge in [0.1, 0.15) is 5.75 Å². The van der Waals surface area contributed by atoms with Crippen LogP contribution in [0.3, 0.4) is 0 Å². The average Bonchev–Trinajstić information content (AvgIpc) is 3.16. The van der Waals surface area contributed by atoms with Gasteiger partial charge in [-0.2, -0.15) is 0 Å². The van der Waals surface area contributed by atoms with Gasteiger partial charge < -0.3 is 15.0 Å². The van der Waals surface area contributed by atoms with Crippen LogP contribution in [-0.4, -0.2) is 13.0 Å². The van der Waals surface area contributed by atoms with Crippen molar-refractivity contribution in [1.82, 2.24) is 5.32 Å². The summed E-state index contributed by atoms with van der Waals surface area (Å²) in [6, 6.07) is 24.0. The van der Waals surface area contributed by atoms with Crippen LogP contribution in [0.1, 0.15) is 27.0 Å². The van der Waals surface area contributed by atoms with Crippen LogP contribution in [0, 0.1) is 0 Å². The van der Waals surface area contributed by atoms with E-state index in [1.807, 2.05) is 48.5 Å². The van der Waals surface area contributed by atoms with Crippen molar-refractivity contribution in [2.24, 2.45) is 0 Å². The summed E-state index contributed by atoms with van der Waals surface area (Å²) in [6.45, 7) is 2.26. The Hall–Kier alpha value is -3.27. The Morgan fingerprint density at radius 3 is 2.22 bits per heavy atom. The number of hydrogen-bond donors (Lipinski definition) is 1. The van der Waals surface area contributed by atoms with Crippen LogP contribution >= 0.6 is 0 Å². The van der Waals surface area contributed by atoms with E-state index < -0.39 is 0 Å². The number of amides is 1. The first kappa shape index (κ1) is 17.2. The molecule has 0 unspecified atom stereocenters. The third-order valence-electron chi connectivity index (χ3n) is 4.97. The predicted molar refractivity (Wildman–Crippen MR) is 107 cm³/mol. The van der Waals surface area contributed by atoms with E-state index in [9.17, 15) is 4.79 Å². The summed E-state index contributed by atoms with van der Waals surface area (Å²) in [6.07, 6.45) is 0. The first-order chi connectivity index (χ1) is 13.2. The van der Waals surface area contributed by atoms with Gasteiger partial charge in [-0.25, -0.2) is 0 Å². The van der Waals surface area contributed by atoms with Crippen LogP contribution in [0.25, 0.3) is 0 Å². The van der Waals surface area contributed by atoms with Gasteiger partial charge in [0.05, 0.1) is 7.11 Å². The van der Waals surface area contributed by atoms with E-state index >= 15 is 0 Å². The smallest absolute Gasteiger partial charge is 0.251 e. The lowest BCUT2D eigenvalue weighted by molar-refractivity contribution is 0.0950. The molecule has 1 amide bonds. The predicted octanol–water partition coefficient (Wildman–Crippen LogP) is 4.15. The molecule has 0 saturated heterocycles. The molecule has 1 heterocycles. The fraction of sp³-hybridized carbons (Fsp3) is 0.174. The van der Waals surface area contributed by atoms with Crippen LogP contribution in [0.15, 0.2) is 72.8 Å². The zero-order chi connectivity index (χ0) is 18.6. The Labute approximate surface area is 159 Å². The summed E-state index contributed by atoms with van der Waals surface area (Å²) in [5.41, 5.74) is 5.49. The molecule has 1 aliphatic rings. The number of fused-ring (bicyclic) bond motifs is 1. The minimum absolute atomic E-state index is 0.0860. The number of hydrogen-bond acceptors (Lipinski definition) is 3. The summed E-state index contributed by atoms with van der Waals surface area (Å²) >= 11 is 0. The summed E-state index contributed by atoms with van der Waals surface area (Å²) < 4.78 is 5.33. The second-order valence-electron chi connectivity index (χ2n) is 6.67. The first-order valence-electron chi connectivity index (χ1n) is 9.06. The van der Waals surface area contributed by atoms with E-state index in [-0.39, 0.29) is 5.91 Å². The van der Waals surface area contributed by atoms with Crippen molar-refractivity contribution in [1.29, 1.82) is 0 Å². The van der Waals surface area contributed by atoms with Crippen LogP contribution in [-0.2, 0) is 19.6 Å². The maximum atomic E-state index is 12.5. The zero-order valence-electron chi connectivity index (χ0n) is 15.3. The van der Waals surface area contributed by atoms with Crippen molar-refractivity contribution in [2.45, 2.75) is 19.6 Å². The largest absolute Gasteiger partial charge is 0.496 e. The molecule has 1 aliphatic heterocycles. The van der Waals surface area contributed by atoms with Crippen LogP contribution in [0.5, 0.6) is 5.75 Å². The highest BCUT2D eigenvalue weighted by atomic mass is 16.5. The first-order valence-corrected chi connectivity index (χ1v) is 9.06. The summed E-state index contributed by atoms with van der Waals surface area (Å²) in [5, 5.41) is 2.96. The molecule has 0 bridgehead atoms. The zero-order valence-corrected chi connectivity index (χ0v) is 15.3.